The number of pyridine rings is 1. The first-order chi connectivity index (χ1) is 16.7. The van der Waals surface area contributed by atoms with Gasteiger partial charge in [-0.15, -0.1) is 0 Å². The number of sulfone groups is 1. The van der Waals surface area contributed by atoms with Gasteiger partial charge in [0, 0.05) is 17.1 Å². The van der Waals surface area contributed by atoms with Crippen molar-refractivity contribution >= 4 is 37.4 Å². The third kappa shape index (κ3) is 7.93. The highest BCUT2D eigenvalue weighted by Crippen LogP contribution is 2.43. The zero-order valence-corrected chi connectivity index (χ0v) is 22.0. The Hall–Kier alpha value is -2.63. The summed E-state index contributed by atoms with van der Waals surface area (Å²) in [5.74, 6) is 1.69. The Bertz CT molecular complexity index is 1350. The number of aromatic nitrogens is 1. The van der Waals surface area contributed by atoms with E-state index in [0.29, 0.717) is 10.0 Å². The number of nitrogens with zero attached hydrogens (tertiary/aromatic N) is 1. The first kappa shape index (κ1) is 30.6. The van der Waals surface area contributed by atoms with Crippen LogP contribution in [0.25, 0.3) is 0 Å². The Kier molecular flexibility index (Phi) is 8.78. The summed E-state index contributed by atoms with van der Waals surface area (Å²) < 4.78 is 104. The summed E-state index contributed by atoms with van der Waals surface area (Å²) in [6, 6.07) is 8.06. The maximum atomic E-state index is 14.0. The highest BCUT2D eigenvalue weighted by molar-refractivity contribution is 9.10. The van der Waals surface area contributed by atoms with Crippen LogP contribution in [0.4, 0.5) is 32.0 Å². The third-order valence-corrected chi connectivity index (χ3v) is 6.69. The van der Waals surface area contributed by atoms with E-state index in [1.165, 1.54) is 19.2 Å². The van der Waals surface area contributed by atoms with Gasteiger partial charge in [-0.25, -0.2) is 13.4 Å². The van der Waals surface area contributed by atoms with Gasteiger partial charge in [0.25, 0.3) is 0 Å². The van der Waals surface area contributed by atoms with Crippen molar-refractivity contribution in [3.05, 3.63) is 52.1 Å². The molecule has 0 fully saturated rings. The average Bonchev–Trinajstić information content (AvgIpc) is 2.72. The standard InChI is InChI=1S/C23H21BrF6N2O4S/c1-20(2,14-6-4-7-15(24)12-14)13-21(34,23(28,29)30)11-5-8-16-17(32-19(33)22(25,26)27)9-10-18(31-16)37(3,35)36/h4,6-7,9-10,12,34H,11,13H2,1-3H3,(H,32,33). The van der Waals surface area contributed by atoms with E-state index < -0.39 is 68.4 Å². The van der Waals surface area contributed by atoms with Gasteiger partial charge >= 0.3 is 18.3 Å². The molecule has 1 atom stereocenters. The smallest absolute Gasteiger partial charge is 0.380 e. The highest BCUT2D eigenvalue weighted by atomic mass is 79.9. The Morgan fingerprint density at radius 1 is 1.11 bits per heavy atom. The summed E-state index contributed by atoms with van der Waals surface area (Å²) >= 11 is 3.24. The summed E-state index contributed by atoms with van der Waals surface area (Å²) in [7, 11) is -3.98. The number of carbonyl (C=O) groups is 1. The Balaban J connectivity index is 2.49. The molecule has 0 saturated carbocycles. The van der Waals surface area contributed by atoms with Crippen molar-refractivity contribution in [2.24, 2.45) is 0 Å². The van der Waals surface area contributed by atoms with Crippen molar-refractivity contribution in [1.82, 2.24) is 4.98 Å². The van der Waals surface area contributed by atoms with Crippen LogP contribution >= 0.6 is 15.9 Å². The maximum Gasteiger partial charge on any atom is 0.471 e. The van der Waals surface area contributed by atoms with Crippen LogP contribution in [0.1, 0.15) is 37.9 Å². The van der Waals surface area contributed by atoms with Crippen LogP contribution in [0.2, 0.25) is 0 Å². The van der Waals surface area contributed by atoms with Crippen LogP contribution in [0, 0.1) is 11.8 Å². The number of amides is 1. The van der Waals surface area contributed by atoms with Crippen LogP contribution in [0.5, 0.6) is 0 Å². The molecule has 0 aliphatic heterocycles. The van der Waals surface area contributed by atoms with Gasteiger partial charge in [0.1, 0.15) is 5.69 Å². The van der Waals surface area contributed by atoms with Gasteiger partial charge in [-0.2, -0.15) is 26.3 Å². The van der Waals surface area contributed by atoms with Crippen molar-refractivity contribution in [3.63, 3.8) is 0 Å². The number of aliphatic hydroxyl groups is 1. The van der Waals surface area contributed by atoms with Gasteiger partial charge in [0.2, 0.25) is 0 Å². The predicted octanol–water partition coefficient (Wildman–Crippen LogP) is 5.15. The molecule has 1 amide bonds. The number of nitrogens with one attached hydrogen (secondary N) is 1. The Labute approximate surface area is 217 Å². The van der Waals surface area contributed by atoms with Gasteiger partial charge in [0.05, 0.1) is 5.69 Å². The normalized spacial score (nSPS) is 14.4. The van der Waals surface area contributed by atoms with Crippen LogP contribution in [-0.4, -0.2) is 48.6 Å². The third-order valence-electron chi connectivity index (χ3n) is 5.21. The number of rotatable bonds is 6. The summed E-state index contributed by atoms with van der Waals surface area (Å²) in [5.41, 5.74) is -5.47. The lowest BCUT2D eigenvalue weighted by molar-refractivity contribution is -0.264. The van der Waals surface area contributed by atoms with Gasteiger partial charge in [-0.1, -0.05) is 47.8 Å². The van der Waals surface area contributed by atoms with Crippen molar-refractivity contribution in [3.8, 4) is 11.8 Å². The molecule has 0 saturated heterocycles. The minimum Gasteiger partial charge on any atom is -0.380 e. The molecule has 2 rings (SSSR count). The van der Waals surface area contributed by atoms with Crippen molar-refractivity contribution < 1.29 is 44.7 Å². The predicted molar refractivity (Wildman–Crippen MR) is 126 cm³/mol. The van der Waals surface area contributed by atoms with Crippen molar-refractivity contribution in [2.75, 3.05) is 11.6 Å². The number of carbonyl (C=O) groups excluding carboxylic acids is 1. The first-order valence-corrected chi connectivity index (χ1v) is 13.0. The monoisotopic (exact) mass is 614 g/mol. The van der Waals surface area contributed by atoms with Crippen molar-refractivity contribution in [2.45, 2.75) is 55.1 Å². The average molecular weight is 615 g/mol. The number of hydrogen-bond donors (Lipinski definition) is 2. The summed E-state index contributed by atoms with van der Waals surface area (Å²) in [4.78, 5) is 14.9. The molecule has 0 bridgehead atoms. The van der Waals surface area contributed by atoms with Crippen LogP contribution in [-0.2, 0) is 20.0 Å². The molecule has 0 radical (unpaired) electrons. The molecule has 0 aliphatic carbocycles. The zero-order valence-electron chi connectivity index (χ0n) is 19.6. The second-order valence-corrected chi connectivity index (χ2v) is 11.7. The quantitative estimate of drug-likeness (QED) is 0.346. The van der Waals surface area contributed by atoms with E-state index >= 15 is 0 Å². The Morgan fingerprint density at radius 2 is 1.73 bits per heavy atom. The minimum absolute atomic E-state index is 0.483. The first-order valence-electron chi connectivity index (χ1n) is 10.3. The molecule has 1 heterocycles. The molecule has 2 N–H and O–H groups in total. The van der Waals surface area contributed by atoms with Crippen molar-refractivity contribution in [1.29, 1.82) is 0 Å². The van der Waals surface area contributed by atoms with Crippen LogP contribution < -0.4 is 5.32 Å². The zero-order chi connectivity index (χ0) is 28.4. The number of hydrogen-bond acceptors (Lipinski definition) is 5. The fraction of sp³-hybridized carbons (Fsp3) is 0.391. The molecular formula is C23H21BrF6N2O4S. The largest absolute Gasteiger partial charge is 0.471 e. The molecule has 2 aromatic rings. The maximum absolute atomic E-state index is 14.0. The van der Waals surface area contributed by atoms with E-state index in [1.807, 2.05) is 5.92 Å². The number of anilines is 1. The summed E-state index contributed by atoms with van der Waals surface area (Å²) in [6.07, 6.45) is -11.8. The van der Waals surface area contributed by atoms with Crippen LogP contribution in [0.3, 0.4) is 0 Å². The Morgan fingerprint density at radius 3 is 2.24 bits per heavy atom. The fourth-order valence-electron chi connectivity index (χ4n) is 3.32. The molecule has 0 spiro atoms. The SMILES string of the molecule is CC(C)(CC(O)(CC#Cc1nc(S(C)(=O)=O)ccc1NC(=O)C(F)(F)F)C(F)(F)F)c1cccc(Br)c1. The van der Waals surface area contributed by atoms with Gasteiger partial charge in [0.15, 0.2) is 20.5 Å². The number of benzene rings is 1. The molecule has 37 heavy (non-hydrogen) atoms. The summed E-state index contributed by atoms with van der Waals surface area (Å²) in [5, 5.41) is 11.4. The van der Waals surface area contributed by atoms with Gasteiger partial charge in [-0.3, -0.25) is 4.79 Å². The van der Waals surface area contributed by atoms with Gasteiger partial charge < -0.3 is 10.4 Å². The van der Waals surface area contributed by atoms with Crippen LogP contribution in [0.15, 0.2) is 45.9 Å². The lowest BCUT2D eigenvalue weighted by Crippen LogP contribution is -2.48. The van der Waals surface area contributed by atoms with E-state index in [0.717, 1.165) is 18.4 Å². The summed E-state index contributed by atoms with van der Waals surface area (Å²) in [6.45, 7) is 2.97. The second-order valence-electron chi connectivity index (χ2n) is 8.85. The lowest BCUT2D eigenvalue weighted by Gasteiger charge is -2.37. The fourth-order valence-corrected chi connectivity index (χ4v) is 4.29. The topological polar surface area (TPSA) is 96.4 Å². The van der Waals surface area contributed by atoms with E-state index in [9.17, 15) is 44.7 Å². The molecule has 202 valence electrons. The lowest BCUT2D eigenvalue weighted by atomic mass is 9.74. The molecule has 1 aromatic carbocycles. The van der Waals surface area contributed by atoms with Gasteiger partial charge in [-0.05, 0) is 47.6 Å². The molecule has 14 heteroatoms. The highest BCUT2D eigenvalue weighted by Gasteiger charge is 2.55. The molecule has 6 nitrogen and oxygen atoms in total. The molecule has 1 aromatic heterocycles. The number of alkyl halides is 6. The van der Waals surface area contributed by atoms with E-state index in [1.54, 1.807) is 24.3 Å². The minimum atomic E-state index is -5.31. The number of halogens is 7. The molecular weight excluding hydrogens is 594 g/mol. The molecule has 0 aliphatic rings. The van der Waals surface area contributed by atoms with E-state index in [2.05, 4.69) is 26.8 Å². The van der Waals surface area contributed by atoms with E-state index in [-0.39, 0.29) is 0 Å². The molecule has 1 unspecified atom stereocenters. The van der Waals surface area contributed by atoms with E-state index in [4.69, 9.17) is 0 Å². The second kappa shape index (κ2) is 10.6.